The SMILES string of the molecule is FC(F)(F)COc1cc(CNC2=NCCCN2)ccn1.I. The summed E-state index contributed by atoms with van der Waals surface area (Å²) in [5.74, 6) is 0.658. The zero-order chi connectivity index (χ0) is 14.4. The summed E-state index contributed by atoms with van der Waals surface area (Å²) in [6.45, 7) is 0.732. The lowest BCUT2D eigenvalue weighted by atomic mass is 10.2. The smallest absolute Gasteiger partial charge is 0.422 e. The van der Waals surface area contributed by atoms with Gasteiger partial charge in [0.05, 0.1) is 0 Å². The van der Waals surface area contributed by atoms with Crippen LogP contribution in [0.3, 0.4) is 0 Å². The molecule has 0 saturated heterocycles. The van der Waals surface area contributed by atoms with Gasteiger partial charge in [-0.2, -0.15) is 13.2 Å². The van der Waals surface area contributed by atoms with Crippen molar-refractivity contribution in [2.24, 2.45) is 4.99 Å². The Balaban J connectivity index is 0.00000220. The van der Waals surface area contributed by atoms with Crippen LogP contribution in [0.25, 0.3) is 0 Å². The molecule has 1 aliphatic heterocycles. The number of pyridine rings is 1. The van der Waals surface area contributed by atoms with E-state index in [1.54, 1.807) is 6.07 Å². The van der Waals surface area contributed by atoms with Crippen LogP contribution in [0.5, 0.6) is 5.88 Å². The zero-order valence-corrected chi connectivity index (χ0v) is 13.4. The van der Waals surface area contributed by atoms with Crippen LogP contribution >= 0.6 is 24.0 Å². The summed E-state index contributed by atoms with van der Waals surface area (Å²) < 4.78 is 40.7. The minimum absolute atomic E-state index is 0. The van der Waals surface area contributed by atoms with Gasteiger partial charge >= 0.3 is 6.18 Å². The molecule has 0 aromatic carbocycles. The third kappa shape index (κ3) is 6.82. The van der Waals surface area contributed by atoms with Crippen molar-refractivity contribution in [2.75, 3.05) is 19.7 Å². The van der Waals surface area contributed by atoms with Crippen molar-refractivity contribution in [3.8, 4) is 5.88 Å². The topological polar surface area (TPSA) is 58.5 Å². The molecule has 0 radical (unpaired) electrons. The van der Waals surface area contributed by atoms with Gasteiger partial charge in [0.25, 0.3) is 0 Å². The Hall–Kier alpha value is -1.26. The number of ether oxygens (including phenoxy) is 1. The Morgan fingerprint density at radius 3 is 2.86 bits per heavy atom. The summed E-state index contributed by atoms with van der Waals surface area (Å²) >= 11 is 0. The molecule has 2 N–H and O–H groups in total. The molecule has 1 aromatic rings. The molecule has 0 unspecified atom stereocenters. The fourth-order valence-electron chi connectivity index (χ4n) is 1.63. The van der Waals surface area contributed by atoms with E-state index in [4.69, 9.17) is 0 Å². The molecule has 0 amide bonds. The summed E-state index contributed by atoms with van der Waals surface area (Å²) in [6, 6.07) is 3.18. The third-order valence-electron chi connectivity index (χ3n) is 2.54. The van der Waals surface area contributed by atoms with Crippen LogP contribution < -0.4 is 15.4 Å². The van der Waals surface area contributed by atoms with Gasteiger partial charge in [0.15, 0.2) is 12.6 Å². The van der Waals surface area contributed by atoms with Crippen LogP contribution in [0.4, 0.5) is 13.2 Å². The van der Waals surface area contributed by atoms with Crippen LogP contribution in [0.1, 0.15) is 12.0 Å². The quantitative estimate of drug-likeness (QED) is 0.739. The normalized spacial score (nSPS) is 14.5. The van der Waals surface area contributed by atoms with Crippen LogP contribution in [0.15, 0.2) is 23.3 Å². The Morgan fingerprint density at radius 1 is 1.38 bits per heavy atom. The Bertz CT molecular complexity index is 482. The Kier molecular flexibility index (Phi) is 6.99. The molecule has 0 atom stereocenters. The van der Waals surface area contributed by atoms with Gasteiger partial charge in [0, 0.05) is 31.9 Å². The van der Waals surface area contributed by atoms with Crippen LogP contribution in [0.2, 0.25) is 0 Å². The highest BCUT2D eigenvalue weighted by Gasteiger charge is 2.28. The number of rotatable bonds is 4. The van der Waals surface area contributed by atoms with Gasteiger partial charge in [0.1, 0.15) is 0 Å². The number of hydrogen-bond acceptors (Lipinski definition) is 5. The van der Waals surface area contributed by atoms with Gasteiger partial charge < -0.3 is 15.4 Å². The fourth-order valence-corrected chi connectivity index (χ4v) is 1.63. The number of alkyl halides is 3. The van der Waals surface area contributed by atoms with E-state index in [2.05, 4.69) is 25.3 Å². The molecule has 0 fully saturated rings. The summed E-state index contributed by atoms with van der Waals surface area (Å²) in [5, 5.41) is 6.16. The van der Waals surface area contributed by atoms with Crippen molar-refractivity contribution >= 4 is 29.9 Å². The van der Waals surface area contributed by atoms with Gasteiger partial charge in [0.2, 0.25) is 5.88 Å². The highest BCUT2D eigenvalue weighted by atomic mass is 127. The van der Waals surface area contributed by atoms with E-state index in [0.717, 1.165) is 25.1 Å². The average molecular weight is 416 g/mol. The lowest BCUT2D eigenvalue weighted by Gasteiger charge is -2.16. The number of halogens is 4. The first-order valence-electron chi connectivity index (χ1n) is 6.19. The number of aromatic nitrogens is 1. The average Bonchev–Trinajstić information content (AvgIpc) is 2.44. The molecule has 118 valence electrons. The number of guanidine groups is 1. The molecule has 0 bridgehead atoms. The molecular formula is C12H16F3IN4O. The second-order valence-corrected chi connectivity index (χ2v) is 4.27. The fraction of sp³-hybridized carbons (Fsp3) is 0.500. The maximum atomic E-state index is 12.0. The van der Waals surface area contributed by atoms with Crippen LogP contribution in [0, 0.1) is 0 Å². The van der Waals surface area contributed by atoms with Crippen LogP contribution in [-0.4, -0.2) is 36.8 Å². The Labute approximate surface area is 137 Å². The van der Waals surface area contributed by atoms with Gasteiger partial charge in [-0.3, -0.25) is 4.99 Å². The van der Waals surface area contributed by atoms with E-state index in [9.17, 15) is 13.2 Å². The lowest BCUT2D eigenvalue weighted by Crippen LogP contribution is -2.40. The summed E-state index contributed by atoms with van der Waals surface area (Å²) in [6.07, 6.45) is -1.95. The number of nitrogens with one attached hydrogen (secondary N) is 2. The number of aliphatic imine (C=N–C) groups is 1. The first kappa shape index (κ1) is 17.8. The zero-order valence-electron chi connectivity index (χ0n) is 11.1. The van der Waals surface area contributed by atoms with Crippen molar-refractivity contribution in [2.45, 2.75) is 19.1 Å². The molecule has 9 heteroatoms. The Morgan fingerprint density at radius 2 is 2.19 bits per heavy atom. The number of nitrogens with zero attached hydrogens (tertiary/aromatic N) is 2. The molecule has 1 aromatic heterocycles. The molecule has 0 aliphatic carbocycles. The molecule has 0 saturated carbocycles. The van der Waals surface area contributed by atoms with Crippen molar-refractivity contribution in [3.63, 3.8) is 0 Å². The van der Waals surface area contributed by atoms with Crippen LogP contribution in [-0.2, 0) is 6.54 Å². The second kappa shape index (κ2) is 8.25. The van der Waals surface area contributed by atoms with E-state index in [1.165, 1.54) is 12.3 Å². The van der Waals surface area contributed by atoms with E-state index >= 15 is 0 Å². The molecule has 2 heterocycles. The summed E-state index contributed by atoms with van der Waals surface area (Å²) in [5.41, 5.74) is 0.771. The second-order valence-electron chi connectivity index (χ2n) is 4.27. The van der Waals surface area contributed by atoms with Crippen molar-refractivity contribution in [1.29, 1.82) is 0 Å². The monoisotopic (exact) mass is 416 g/mol. The van der Waals surface area contributed by atoms with E-state index < -0.39 is 12.8 Å². The van der Waals surface area contributed by atoms with Gasteiger partial charge in [-0.05, 0) is 18.1 Å². The van der Waals surface area contributed by atoms with Crippen molar-refractivity contribution in [1.82, 2.24) is 15.6 Å². The first-order chi connectivity index (χ1) is 9.53. The molecule has 1 aliphatic rings. The van der Waals surface area contributed by atoms with Crippen molar-refractivity contribution in [3.05, 3.63) is 23.9 Å². The highest BCUT2D eigenvalue weighted by Crippen LogP contribution is 2.17. The molecule has 21 heavy (non-hydrogen) atoms. The molecule has 2 rings (SSSR count). The van der Waals surface area contributed by atoms with Gasteiger partial charge in [-0.1, -0.05) is 0 Å². The van der Waals surface area contributed by atoms with E-state index in [1.807, 2.05) is 0 Å². The van der Waals surface area contributed by atoms with Gasteiger partial charge in [-0.25, -0.2) is 4.98 Å². The maximum Gasteiger partial charge on any atom is 0.422 e. The summed E-state index contributed by atoms with van der Waals surface area (Å²) in [7, 11) is 0. The predicted molar refractivity (Wildman–Crippen MR) is 83.0 cm³/mol. The molecular weight excluding hydrogens is 400 g/mol. The molecule has 5 nitrogen and oxygen atoms in total. The number of hydrogen-bond donors (Lipinski definition) is 2. The first-order valence-corrected chi connectivity index (χ1v) is 6.19. The van der Waals surface area contributed by atoms with E-state index in [-0.39, 0.29) is 29.9 Å². The van der Waals surface area contributed by atoms with Crippen molar-refractivity contribution < 1.29 is 17.9 Å². The largest absolute Gasteiger partial charge is 0.468 e. The minimum atomic E-state index is -4.36. The van der Waals surface area contributed by atoms with E-state index in [0.29, 0.717) is 12.5 Å². The lowest BCUT2D eigenvalue weighted by molar-refractivity contribution is -0.154. The standard InChI is InChI=1S/C12H15F3N4O.HI/c13-12(14,15)8-20-10-6-9(2-5-16-10)7-19-11-17-3-1-4-18-11;/h2,5-6H,1,3-4,7-8H2,(H2,17,18,19);1H. The molecule has 0 spiro atoms. The summed E-state index contributed by atoms with van der Waals surface area (Å²) in [4.78, 5) is 7.98. The van der Waals surface area contributed by atoms with Gasteiger partial charge in [-0.15, -0.1) is 24.0 Å². The predicted octanol–water partition coefficient (Wildman–Crippen LogP) is 2.08. The minimum Gasteiger partial charge on any atom is -0.468 e. The third-order valence-corrected chi connectivity index (χ3v) is 2.54. The maximum absolute atomic E-state index is 12.0. The highest BCUT2D eigenvalue weighted by molar-refractivity contribution is 14.0.